The standard InChI is InChI=1S/C19H19ClN2O4/c1-12(23)21-16(13-2-4-14(20)5-3-13)11-19(24)22-15-6-7-17-18(10-15)26-9-8-25-17/h2-7,10,16H,8-9,11H2,1H3,(H,21,23)(H,22,24). The van der Waals surface area contributed by atoms with Gasteiger partial charge in [-0.25, -0.2) is 0 Å². The van der Waals surface area contributed by atoms with E-state index in [4.69, 9.17) is 21.1 Å². The van der Waals surface area contributed by atoms with Crippen molar-refractivity contribution in [3.63, 3.8) is 0 Å². The summed E-state index contributed by atoms with van der Waals surface area (Å²) in [6.45, 7) is 2.41. The second kappa shape index (κ2) is 8.10. The molecule has 2 aromatic rings. The summed E-state index contributed by atoms with van der Waals surface area (Å²) in [5.41, 5.74) is 1.42. The van der Waals surface area contributed by atoms with Crippen LogP contribution in [0, 0.1) is 0 Å². The third kappa shape index (κ3) is 4.67. The second-order valence-electron chi connectivity index (χ2n) is 5.92. The van der Waals surface area contributed by atoms with Crippen LogP contribution >= 0.6 is 11.6 Å². The van der Waals surface area contributed by atoms with Crippen LogP contribution in [0.15, 0.2) is 42.5 Å². The zero-order valence-corrected chi connectivity index (χ0v) is 15.0. The molecule has 136 valence electrons. The molecule has 0 radical (unpaired) electrons. The molecule has 3 rings (SSSR count). The van der Waals surface area contributed by atoms with Crippen molar-refractivity contribution in [1.82, 2.24) is 5.32 Å². The predicted octanol–water partition coefficient (Wildman–Crippen LogP) is 3.32. The van der Waals surface area contributed by atoms with E-state index >= 15 is 0 Å². The maximum Gasteiger partial charge on any atom is 0.226 e. The zero-order valence-electron chi connectivity index (χ0n) is 14.3. The maximum atomic E-state index is 12.5. The Balaban J connectivity index is 1.69. The second-order valence-corrected chi connectivity index (χ2v) is 6.35. The van der Waals surface area contributed by atoms with E-state index < -0.39 is 6.04 Å². The molecule has 2 amide bonds. The minimum atomic E-state index is -0.443. The van der Waals surface area contributed by atoms with Gasteiger partial charge >= 0.3 is 0 Å². The van der Waals surface area contributed by atoms with E-state index in [1.807, 2.05) is 0 Å². The summed E-state index contributed by atoms with van der Waals surface area (Å²) in [6, 6.07) is 11.8. The van der Waals surface area contributed by atoms with Crippen LogP contribution < -0.4 is 20.1 Å². The number of carbonyl (C=O) groups excluding carboxylic acids is 2. The molecule has 0 fully saturated rings. The molecule has 26 heavy (non-hydrogen) atoms. The van der Waals surface area contributed by atoms with Crippen molar-refractivity contribution in [3.05, 3.63) is 53.1 Å². The molecule has 7 heteroatoms. The van der Waals surface area contributed by atoms with Gasteiger partial charge in [0.1, 0.15) is 13.2 Å². The average molecular weight is 375 g/mol. The lowest BCUT2D eigenvalue weighted by Gasteiger charge is -2.20. The summed E-state index contributed by atoms with van der Waals surface area (Å²) < 4.78 is 11.0. The molecule has 1 heterocycles. The summed E-state index contributed by atoms with van der Waals surface area (Å²) >= 11 is 5.90. The Kier molecular flexibility index (Phi) is 5.63. The number of halogens is 1. The lowest BCUT2D eigenvalue weighted by atomic mass is 10.0. The average Bonchev–Trinajstić information content (AvgIpc) is 2.61. The number of fused-ring (bicyclic) bond motifs is 1. The molecule has 2 N–H and O–H groups in total. The number of hydrogen-bond donors (Lipinski definition) is 2. The third-order valence-corrected chi connectivity index (χ3v) is 4.12. The van der Waals surface area contributed by atoms with Crippen LogP contribution in [0.3, 0.4) is 0 Å². The highest BCUT2D eigenvalue weighted by Gasteiger charge is 2.18. The molecule has 1 atom stereocenters. The molecule has 0 aliphatic carbocycles. The molecule has 0 aromatic heterocycles. The van der Waals surface area contributed by atoms with Crippen LogP contribution in [-0.2, 0) is 9.59 Å². The van der Waals surface area contributed by atoms with E-state index in [1.165, 1.54) is 6.92 Å². The molecule has 6 nitrogen and oxygen atoms in total. The predicted molar refractivity (Wildman–Crippen MR) is 98.7 cm³/mol. The maximum absolute atomic E-state index is 12.5. The van der Waals surface area contributed by atoms with Crippen LogP contribution in [0.2, 0.25) is 5.02 Å². The Labute approximate surface area is 156 Å². The minimum absolute atomic E-state index is 0.0929. The van der Waals surface area contributed by atoms with Crippen molar-refractivity contribution in [2.24, 2.45) is 0 Å². The molecule has 1 aliphatic heterocycles. The van der Waals surface area contributed by atoms with Crippen LogP contribution in [0.4, 0.5) is 5.69 Å². The third-order valence-electron chi connectivity index (χ3n) is 3.87. The topological polar surface area (TPSA) is 76.7 Å². The minimum Gasteiger partial charge on any atom is -0.486 e. The lowest BCUT2D eigenvalue weighted by molar-refractivity contribution is -0.120. The van der Waals surface area contributed by atoms with Gasteiger partial charge < -0.3 is 20.1 Å². The van der Waals surface area contributed by atoms with Gasteiger partial charge in [0.15, 0.2) is 11.5 Å². The fourth-order valence-electron chi connectivity index (χ4n) is 2.71. The number of nitrogens with one attached hydrogen (secondary N) is 2. The summed E-state index contributed by atoms with van der Waals surface area (Å²) in [5, 5.41) is 6.21. The lowest BCUT2D eigenvalue weighted by Crippen LogP contribution is -2.29. The van der Waals surface area contributed by atoms with Gasteiger partial charge in [-0.15, -0.1) is 0 Å². The Hall–Kier alpha value is -2.73. The van der Waals surface area contributed by atoms with Gasteiger partial charge in [-0.1, -0.05) is 23.7 Å². The zero-order chi connectivity index (χ0) is 18.5. The first-order chi connectivity index (χ1) is 12.5. The van der Waals surface area contributed by atoms with Crippen molar-refractivity contribution in [1.29, 1.82) is 0 Å². The number of anilines is 1. The highest BCUT2D eigenvalue weighted by Crippen LogP contribution is 2.32. The van der Waals surface area contributed by atoms with Crippen LogP contribution in [-0.4, -0.2) is 25.0 Å². The number of amides is 2. The number of carbonyl (C=O) groups is 2. The summed E-state index contributed by atoms with van der Waals surface area (Å²) in [4.78, 5) is 23.9. The molecule has 0 saturated carbocycles. The number of hydrogen-bond acceptors (Lipinski definition) is 4. The number of rotatable bonds is 5. The molecule has 1 aliphatic rings. The summed E-state index contributed by atoms with van der Waals surface area (Å²) in [5.74, 6) is 0.823. The normalized spacial score (nSPS) is 13.6. The molecule has 0 bridgehead atoms. The van der Waals surface area contributed by atoms with Crippen molar-refractivity contribution in [3.8, 4) is 11.5 Å². The van der Waals surface area contributed by atoms with Gasteiger partial charge in [-0.05, 0) is 29.8 Å². The van der Waals surface area contributed by atoms with E-state index in [1.54, 1.807) is 42.5 Å². The van der Waals surface area contributed by atoms with Crippen molar-refractivity contribution in [2.45, 2.75) is 19.4 Å². The van der Waals surface area contributed by atoms with Crippen LogP contribution in [0.25, 0.3) is 0 Å². The molecule has 1 unspecified atom stereocenters. The molecule has 0 spiro atoms. The number of benzene rings is 2. The number of ether oxygens (including phenoxy) is 2. The van der Waals surface area contributed by atoms with E-state index in [2.05, 4.69) is 10.6 Å². The van der Waals surface area contributed by atoms with Crippen LogP contribution in [0.1, 0.15) is 24.9 Å². The fraction of sp³-hybridized carbons (Fsp3) is 0.263. The molecule has 2 aromatic carbocycles. The largest absolute Gasteiger partial charge is 0.486 e. The van der Waals surface area contributed by atoms with Gasteiger partial charge in [0.05, 0.1) is 12.5 Å². The summed E-state index contributed by atoms with van der Waals surface area (Å²) in [7, 11) is 0. The highest BCUT2D eigenvalue weighted by molar-refractivity contribution is 6.30. The van der Waals surface area contributed by atoms with Gasteiger partial charge in [0, 0.05) is 23.7 Å². The van der Waals surface area contributed by atoms with E-state index in [-0.39, 0.29) is 18.2 Å². The molecular weight excluding hydrogens is 356 g/mol. The van der Waals surface area contributed by atoms with E-state index in [9.17, 15) is 9.59 Å². The van der Waals surface area contributed by atoms with Gasteiger partial charge in [0.25, 0.3) is 0 Å². The Morgan fingerprint density at radius 2 is 1.77 bits per heavy atom. The van der Waals surface area contributed by atoms with Gasteiger partial charge in [-0.2, -0.15) is 0 Å². The first-order valence-electron chi connectivity index (χ1n) is 8.23. The van der Waals surface area contributed by atoms with E-state index in [0.717, 1.165) is 5.56 Å². The van der Waals surface area contributed by atoms with Gasteiger partial charge in [0.2, 0.25) is 11.8 Å². The first kappa shape index (κ1) is 18.1. The van der Waals surface area contributed by atoms with Crippen molar-refractivity contribution >= 4 is 29.1 Å². The first-order valence-corrected chi connectivity index (χ1v) is 8.61. The molecule has 0 saturated heterocycles. The van der Waals surface area contributed by atoms with Crippen molar-refractivity contribution < 1.29 is 19.1 Å². The monoisotopic (exact) mass is 374 g/mol. The SMILES string of the molecule is CC(=O)NC(CC(=O)Nc1ccc2c(c1)OCCO2)c1ccc(Cl)cc1. The van der Waals surface area contributed by atoms with Gasteiger partial charge in [-0.3, -0.25) is 9.59 Å². The Morgan fingerprint density at radius 1 is 1.08 bits per heavy atom. The van der Waals surface area contributed by atoms with Crippen molar-refractivity contribution in [2.75, 3.05) is 18.5 Å². The fourth-order valence-corrected chi connectivity index (χ4v) is 2.84. The quantitative estimate of drug-likeness (QED) is 0.841. The summed E-state index contributed by atoms with van der Waals surface area (Å²) in [6.07, 6.45) is 0.0929. The molecular formula is C19H19ClN2O4. The van der Waals surface area contributed by atoms with Crippen LogP contribution in [0.5, 0.6) is 11.5 Å². The van der Waals surface area contributed by atoms with E-state index in [0.29, 0.717) is 35.4 Å². The Bertz CT molecular complexity index is 808. The highest BCUT2D eigenvalue weighted by atomic mass is 35.5. The smallest absolute Gasteiger partial charge is 0.226 e. The Morgan fingerprint density at radius 3 is 2.46 bits per heavy atom.